The Morgan fingerprint density at radius 3 is 2.31 bits per heavy atom. The van der Waals surface area contributed by atoms with E-state index in [9.17, 15) is 9.18 Å². The summed E-state index contributed by atoms with van der Waals surface area (Å²) in [5, 5.41) is 0. The highest BCUT2D eigenvalue weighted by molar-refractivity contribution is 5.94. The van der Waals surface area contributed by atoms with Gasteiger partial charge in [0.1, 0.15) is 5.82 Å². The van der Waals surface area contributed by atoms with Gasteiger partial charge < -0.3 is 10.6 Å². The molecule has 16 heavy (non-hydrogen) atoms. The van der Waals surface area contributed by atoms with Crippen molar-refractivity contribution in [1.82, 2.24) is 4.90 Å². The zero-order chi connectivity index (χ0) is 12.3. The van der Waals surface area contributed by atoms with E-state index in [-0.39, 0.29) is 11.7 Å². The number of likely N-dealkylation sites (N-methyl/N-ethyl adjacent to an activating group) is 1. The van der Waals surface area contributed by atoms with Crippen molar-refractivity contribution < 1.29 is 9.18 Å². The van der Waals surface area contributed by atoms with Crippen LogP contribution in [0.2, 0.25) is 0 Å². The third-order valence-electron chi connectivity index (χ3n) is 2.80. The second kappa shape index (κ2) is 4.61. The Kier molecular flexibility index (Phi) is 3.65. The summed E-state index contributed by atoms with van der Waals surface area (Å²) in [7, 11) is 1.69. The average molecular weight is 224 g/mol. The van der Waals surface area contributed by atoms with Gasteiger partial charge in [0.05, 0.1) is 0 Å². The lowest BCUT2D eigenvalue weighted by Gasteiger charge is -2.34. The summed E-state index contributed by atoms with van der Waals surface area (Å²) in [5.74, 6) is -0.507. The van der Waals surface area contributed by atoms with E-state index >= 15 is 0 Å². The lowest BCUT2D eigenvalue weighted by Crippen LogP contribution is -2.50. The van der Waals surface area contributed by atoms with Crippen LogP contribution in [-0.2, 0) is 0 Å². The lowest BCUT2D eigenvalue weighted by atomic mass is 10.0. The highest BCUT2D eigenvalue weighted by atomic mass is 19.1. The molecule has 0 heterocycles. The summed E-state index contributed by atoms with van der Waals surface area (Å²) in [4.78, 5) is 13.6. The van der Waals surface area contributed by atoms with Crippen LogP contribution in [0.5, 0.6) is 0 Å². The van der Waals surface area contributed by atoms with Crippen molar-refractivity contribution in [3.05, 3.63) is 35.6 Å². The number of halogens is 1. The third-order valence-corrected chi connectivity index (χ3v) is 2.80. The molecule has 0 aliphatic rings. The molecule has 1 amide bonds. The molecule has 0 aliphatic heterocycles. The number of rotatable bonds is 3. The number of hydrogen-bond acceptors (Lipinski definition) is 2. The molecule has 0 atom stereocenters. The average Bonchev–Trinajstić information content (AvgIpc) is 2.28. The van der Waals surface area contributed by atoms with E-state index in [4.69, 9.17) is 5.73 Å². The zero-order valence-electron chi connectivity index (χ0n) is 9.83. The number of nitrogens with zero attached hydrogens (tertiary/aromatic N) is 1. The first-order valence-electron chi connectivity index (χ1n) is 5.12. The molecule has 0 radical (unpaired) electrons. The summed E-state index contributed by atoms with van der Waals surface area (Å²) in [6.07, 6.45) is 0. The second-order valence-electron chi connectivity index (χ2n) is 4.39. The largest absolute Gasteiger partial charge is 0.335 e. The molecule has 0 aromatic heterocycles. The van der Waals surface area contributed by atoms with Crippen molar-refractivity contribution in [1.29, 1.82) is 0 Å². The number of nitrogens with two attached hydrogens (primary N) is 1. The highest BCUT2D eigenvalue weighted by Crippen LogP contribution is 2.14. The van der Waals surface area contributed by atoms with Crippen LogP contribution in [0.1, 0.15) is 24.2 Å². The molecule has 88 valence electrons. The summed E-state index contributed by atoms with van der Waals surface area (Å²) < 4.78 is 12.7. The lowest BCUT2D eigenvalue weighted by molar-refractivity contribution is 0.0640. The molecule has 1 aromatic carbocycles. The Morgan fingerprint density at radius 2 is 1.88 bits per heavy atom. The fourth-order valence-electron chi connectivity index (χ4n) is 1.20. The molecular weight excluding hydrogens is 207 g/mol. The van der Waals surface area contributed by atoms with E-state index in [1.165, 1.54) is 24.3 Å². The Balaban J connectivity index is 2.90. The topological polar surface area (TPSA) is 46.3 Å². The molecule has 0 saturated carbocycles. The maximum absolute atomic E-state index is 12.7. The zero-order valence-corrected chi connectivity index (χ0v) is 9.83. The van der Waals surface area contributed by atoms with Crippen molar-refractivity contribution in [3.63, 3.8) is 0 Å². The molecule has 0 saturated heterocycles. The van der Waals surface area contributed by atoms with Crippen molar-refractivity contribution in [2.45, 2.75) is 19.4 Å². The smallest absolute Gasteiger partial charge is 0.254 e. The van der Waals surface area contributed by atoms with Gasteiger partial charge in [0, 0.05) is 24.7 Å². The Bertz CT molecular complexity index is 373. The van der Waals surface area contributed by atoms with Crippen LogP contribution < -0.4 is 5.73 Å². The predicted molar refractivity (Wildman–Crippen MR) is 61.6 cm³/mol. The molecule has 2 N–H and O–H groups in total. The van der Waals surface area contributed by atoms with E-state index in [2.05, 4.69) is 0 Å². The Morgan fingerprint density at radius 1 is 1.38 bits per heavy atom. The molecule has 0 bridgehead atoms. The minimum absolute atomic E-state index is 0.157. The van der Waals surface area contributed by atoms with Gasteiger partial charge >= 0.3 is 0 Å². The van der Waals surface area contributed by atoms with E-state index in [0.717, 1.165) is 0 Å². The molecule has 4 heteroatoms. The van der Waals surface area contributed by atoms with Crippen molar-refractivity contribution in [2.24, 2.45) is 5.73 Å². The molecule has 0 aliphatic carbocycles. The fourth-order valence-corrected chi connectivity index (χ4v) is 1.20. The number of benzene rings is 1. The number of carbonyl (C=O) groups excluding carboxylic acids is 1. The number of carbonyl (C=O) groups is 1. The van der Waals surface area contributed by atoms with Gasteiger partial charge in [-0.1, -0.05) is 0 Å². The van der Waals surface area contributed by atoms with Gasteiger partial charge in [0.25, 0.3) is 5.91 Å². The molecule has 0 unspecified atom stereocenters. The Labute approximate surface area is 95.0 Å². The van der Waals surface area contributed by atoms with Crippen molar-refractivity contribution in [2.75, 3.05) is 13.6 Å². The molecule has 0 fully saturated rings. The second-order valence-corrected chi connectivity index (χ2v) is 4.39. The van der Waals surface area contributed by atoms with Crippen LogP contribution in [-0.4, -0.2) is 29.9 Å². The third kappa shape index (κ3) is 2.58. The maximum atomic E-state index is 12.7. The van der Waals surface area contributed by atoms with Crippen LogP contribution in [0.4, 0.5) is 4.39 Å². The fraction of sp³-hybridized carbons (Fsp3) is 0.417. The van der Waals surface area contributed by atoms with Crippen molar-refractivity contribution >= 4 is 5.91 Å². The summed E-state index contributed by atoms with van der Waals surface area (Å²) in [5.41, 5.74) is 5.65. The summed E-state index contributed by atoms with van der Waals surface area (Å²) in [6.45, 7) is 4.14. The van der Waals surface area contributed by atoms with Crippen LogP contribution in [0, 0.1) is 5.82 Å². The number of hydrogen-bond donors (Lipinski definition) is 1. The summed E-state index contributed by atoms with van der Waals surface area (Å²) in [6, 6.07) is 5.49. The monoisotopic (exact) mass is 224 g/mol. The van der Waals surface area contributed by atoms with Gasteiger partial charge in [-0.3, -0.25) is 4.79 Å². The van der Waals surface area contributed by atoms with E-state index < -0.39 is 5.54 Å². The standard InChI is InChI=1S/C12H17FN2O/c1-12(2,8-14)15(3)11(16)9-4-6-10(13)7-5-9/h4-7H,8,14H2,1-3H3. The first-order valence-corrected chi connectivity index (χ1v) is 5.12. The molecule has 1 aromatic rings. The van der Waals surface area contributed by atoms with Gasteiger partial charge in [-0.15, -0.1) is 0 Å². The molecular formula is C12H17FN2O. The van der Waals surface area contributed by atoms with Gasteiger partial charge in [0.2, 0.25) is 0 Å². The molecule has 0 spiro atoms. The quantitative estimate of drug-likeness (QED) is 0.848. The minimum Gasteiger partial charge on any atom is -0.335 e. The highest BCUT2D eigenvalue weighted by Gasteiger charge is 2.26. The Hall–Kier alpha value is -1.42. The molecule has 1 rings (SSSR count). The van der Waals surface area contributed by atoms with Crippen LogP contribution in [0.3, 0.4) is 0 Å². The van der Waals surface area contributed by atoms with Crippen LogP contribution in [0.15, 0.2) is 24.3 Å². The van der Waals surface area contributed by atoms with Gasteiger partial charge in [-0.2, -0.15) is 0 Å². The van der Waals surface area contributed by atoms with Crippen LogP contribution in [0.25, 0.3) is 0 Å². The maximum Gasteiger partial charge on any atom is 0.254 e. The van der Waals surface area contributed by atoms with Gasteiger partial charge in [0.15, 0.2) is 0 Å². The summed E-state index contributed by atoms with van der Waals surface area (Å²) >= 11 is 0. The van der Waals surface area contributed by atoms with Crippen molar-refractivity contribution in [3.8, 4) is 0 Å². The van der Waals surface area contributed by atoms with Gasteiger partial charge in [-0.25, -0.2) is 4.39 Å². The first kappa shape index (κ1) is 12.6. The van der Waals surface area contributed by atoms with Gasteiger partial charge in [-0.05, 0) is 38.1 Å². The normalized spacial score (nSPS) is 11.3. The number of amides is 1. The SMILES string of the molecule is CN(C(=O)c1ccc(F)cc1)C(C)(C)CN. The predicted octanol–water partition coefficient (Wildman–Crippen LogP) is 1.64. The van der Waals surface area contributed by atoms with E-state index in [0.29, 0.717) is 12.1 Å². The van der Waals surface area contributed by atoms with Crippen LogP contribution >= 0.6 is 0 Å². The minimum atomic E-state index is -0.411. The molecule has 3 nitrogen and oxygen atoms in total. The van der Waals surface area contributed by atoms with E-state index in [1.807, 2.05) is 13.8 Å². The first-order chi connectivity index (χ1) is 7.38. The van der Waals surface area contributed by atoms with E-state index in [1.54, 1.807) is 11.9 Å².